The quantitative estimate of drug-likeness (QED) is 0.194. The van der Waals surface area contributed by atoms with Crippen molar-refractivity contribution in [1.82, 2.24) is 0 Å². The van der Waals surface area contributed by atoms with Gasteiger partial charge in [-0.3, -0.25) is 0 Å². The Labute approximate surface area is 159 Å². The van der Waals surface area contributed by atoms with E-state index < -0.39 is 8.56 Å². The van der Waals surface area contributed by atoms with Crippen molar-refractivity contribution in [2.45, 2.75) is 115 Å². The lowest BCUT2D eigenvalue weighted by Gasteiger charge is -2.22. The molecule has 0 atom stereocenters. The molecule has 0 spiro atoms. The van der Waals surface area contributed by atoms with E-state index >= 15 is 0 Å². The normalized spacial score (nSPS) is 12.0. The van der Waals surface area contributed by atoms with Crippen molar-refractivity contribution in [2.75, 3.05) is 20.8 Å². The van der Waals surface area contributed by atoms with Gasteiger partial charge >= 0.3 is 8.56 Å². The number of rotatable bonds is 20. The fourth-order valence-electron chi connectivity index (χ4n) is 3.35. The van der Waals surface area contributed by atoms with E-state index in [1.54, 1.807) is 14.2 Å². The molecule has 0 fully saturated rings. The van der Waals surface area contributed by atoms with Crippen molar-refractivity contribution < 1.29 is 8.85 Å². The van der Waals surface area contributed by atoms with Crippen LogP contribution in [-0.4, -0.2) is 29.3 Å². The molecule has 0 aromatic carbocycles. The standard InChI is InChI=1S/C21H47NO2Si/c1-23-25(3,24-2)21-19-17-15-13-11-9-7-5-4-6-8-10-12-14-16-18-20-22/h4-22H2,1-3H3. The van der Waals surface area contributed by atoms with Gasteiger partial charge in [0.25, 0.3) is 0 Å². The van der Waals surface area contributed by atoms with Crippen LogP contribution in [0.1, 0.15) is 103 Å². The molecule has 25 heavy (non-hydrogen) atoms. The molecule has 0 saturated carbocycles. The van der Waals surface area contributed by atoms with Gasteiger partial charge in [0.1, 0.15) is 0 Å². The molecule has 0 bridgehead atoms. The highest BCUT2D eigenvalue weighted by molar-refractivity contribution is 6.65. The van der Waals surface area contributed by atoms with Gasteiger partial charge in [-0.2, -0.15) is 0 Å². The summed E-state index contributed by atoms with van der Waals surface area (Å²) in [4.78, 5) is 0. The van der Waals surface area contributed by atoms with Crippen LogP contribution in [0.25, 0.3) is 0 Å². The molecule has 4 heteroatoms. The predicted molar refractivity (Wildman–Crippen MR) is 113 cm³/mol. The first kappa shape index (κ1) is 25.1. The number of hydrogen-bond donors (Lipinski definition) is 1. The highest BCUT2D eigenvalue weighted by Gasteiger charge is 2.27. The van der Waals surface area contributed by atoms with Crippen LogP contribution in [0.15, 0.2) is 0 Å². The molecule has 0 heterocycles. The average Bonchev–Trinajstić information content (AvgIpc) is 2.64. The first-order valence-corrected chi connectivity index (χ1v) is 13.5. The Morgan fingerprint density at radius 3 is 1.08 bits per heavy atom. The largest absolute Gasteiger partial charge is 0.398 e. The van der Waals surface area contributed by atoms with Crippen LogP contribution in [0.4, 0.5) is 0 Å². The van der Waals surface area contributed by atoms with E-state index in [9.17, 15) is 0 Å². The van der Waals surface area contributed by atoms with E-state index in [0.717, 1.165) is 12.6 Å². The van der Waals surface area contributed by atoms with Gasteiger partial charge in [0.2, 0.25) is 0 Å². The number of unbranched alkanes of at least 4 members (excludes halogenated alkanes) is 15. The zero-order chi connectivity index (χ0) is 18.6. The molecule has 152 valence electrons. The Morgan fingerprint density at radius 2 is 0.800 bits per heavy atom. The lowest BCUT2D eigenvalue weighted by atomic mass is 10.0. The van der Waals surface area contributed by atoms with Gasteiger partial charge in [-0.1, -0.05) is 96.3 Å². The molecule has 2 N–H and O–H groups in total. The van der Waals surface area contributed by atoms with Gasteiger partial charge in [0, 0.05) is 14.2 Å². The first-order chi connectivity index (χ1) is 12.2. The topological polar surface area (TPSA) is 44.5 Å². The summed E-state index contributed by atoms with van der Waals surface area (Å²) in [5.41, 5.74) is 5.51. The van der Waals surface area contributed by atoms with Crippen LogP contribution < -0.4 is 5.73 Å². The molecule has 0 radical (unpaired) electrons. The third-order valence-electron chi connectivity index (χ3n) is 5.45. The molecular formula is C21H47NO2Si. The SMILES string of the molecule is CO[Si](C)(CCCCCCCCCCCCCCCCCCN)OC. The van der Waals surface area contributed by atoms with E-state index in [4.69, 9.17) is 14.6 Å². The minimum absolute atomic E-state index is 0.864. The van der Waals surface area contributed by atoms with E-state index in [0.29, 0.717) is 0 Å². The van der Waals surface area contributed by atoms with Gasteiger partial charge in [-0.05, 0) is 25.6 Å². The molecule has 0 unspecified atom stereocenters. The smallest absolute Gasteiger partial charge is 0.334 e. The lowest BCUT2D eigenvalue weighted by molar-refractivity contribution is 0.248. The second-order valence-electron chi connectivity index (χ2n) is 7.74. The maximum atomic E-state index is 5.53. The van der Waals surface area contributed by atoms with Crippen molar-refractivity contribution >= 4 is 8.56 Å². The van der Waals surface area contributed by atoms with Crippen LogP contribution >= 0.6 is 0 Å². The summed E-state index contributed by atoms with van der Waals surface area (Å²) in [5, 5.41) is 0. The maximum Gasteiger partial charge on any atom is 0.334 e. The molecule has 0 aliphatic heterocycles. The number of hydrogen-bond acceptors (Lipinski definition) is 3. The minimum Gasteiger partial charge on any atom is -0.398 e. The zero-order valence-electron chi connectivity index (χ0n) is 17.6. The Morgan fingerprint density at radius 1 is 0.520 bits per heavy atom. The first-order valence-electron chi connectivity index (χ1n) is 11.0. The highest BCUT2D eigenvalue weighted by atomic mass is 28.4. The van der Waals surface area contributed by atoms with E-state index in [1.807, 2.05) is 0 Å². The predicted octanol–water partition coefficient (Wildman–Crippen LogP) is 6.55. The molecule has 0 aliphatic carbocycles. The van der Waals surface area contributed by atoms with Crippen molar-refractivity contribution in [3.05, 3.63) is 0 Å². The van der Waals surface area contributed by atoms with E-state index in [2.05, 4.69) is 6.55 Å². The molecule has 0 aromatic rings. The Hall–Kier alpha value is 0.0969. The zero-order valence-corrected chi connectivity index (χ0v) is 18.6. The monoisotopic (exact) mass is 373 g/mol. The molecule has 0 aromatic heterocycles. The minimum atomic E-state index is -1.81. The Kier molecular flexibility index (Phi) is 18.9. The second kappa shape index (κ2) is 18.9. The highest BCUT2D eigenvalue weighted by Crippen LogP contribution is 2.18. The molecule has 3 nitrogen and oxygen atoms in total. The summed E-state index contributed by atoms with van der Waals surface area (Å²) in [6.07, 6.45) is 22.2. The van der Waals surface area contributed by atoms with Crippen molar-refractivity contribution in [1.29, 1.82) is 0 Å². The Balaban J connectivity index is 3.12. The maximum absolute atomic E-state index is 5.53. The summed E-state index contributed by atoms with van der Waals surface area (Å²) in [7, 11) is 1.77. The fraction of sp³-hybridized carbons (Fsp3) is 1.00. The molecule has 0 saturated heterocycles. The summed E-state index contributed by atoms with van der Waals surface area (Å²) < 4.78 is 11.1. The van der Waals surface area contributed by atoms with Crippen LogP contribution in [0.5, 0.6) is 0 Å². The van der Waals surface area contributed by atoms with E-state index in [-0.39, 0.29) is 0 Å². The average molecular weight is 374 g/mol. The lowest BCUT2D eigenvalue weighted by Crippen LogP contribution is -2.35. The van der Waals surface area contributed by atoms with E-state index in [1.165, 1.54) is 103 Å². The Bertz CT molecular complexity index is 260. The summed E-state index contributed by atoms with van der Waals surface area (Å²) >= 11 is 0. The van der Waals surface area contributed by atoms with Gasteiger partial charge < -0.3 is 14.6 Å². The van der Waals surface area contributed by atoms with Crippen molar-refractivity contribution in [2.24, 2.45) is 5.73 Å². The van der Waals surface area contributed by atoms with Gasteiger partial charge in [0.15, 0.2) is 0 Å². The third-order valence-corrected chi connectivity index (χ3v) is 8.44. The van der Waals surface area contributed by atoms with Crippen molar-refractivity contribution in [3.63, 3.8) is 0 Å². The van der Waals surface area contributed by atoms with Crippen LogP contribution in [-0.2, 0) is 8.85 Å². The number of nitrogens with two attached hydrogens (primary N) is 1. The molecule has 0 rings (SSSR count). The van der Waals surface area contributed by atoms with Crippen molar-refractivity contribution in [3.8, 4) is 0 Å². The van der Waals surface area contributed by atoms with Gasteiger partial charge in [-0.25, -0.2) is 0 Å². The molecule has 0 amide bonds. The van der Waals surface area contributed by atoms with Crippen LogP contribution in [0.2, 0.25) is 12.6 Å². The van der Waals surface area contributed by atoms with Crippen LogP contribution in [0.3, 0.4) is 0 Å². The van der Waals surface area contributed by atoms with Crippen LogP contribution in [0, 0.1) is 0 Å². The third kappa shape index (κ3) is 17.3. The van der Waals surface area contributed by atoms with Gasteiger partial charge in [-0.15, -0.1) is 0 Å². The summed E-state index contributed by atoms with van der Waals surface area (Å²) in [5.74, 6) is 0. The molecular weight excluding hydrogens is 326 g/mol. The fourth-order valence-corrected chi connectivity index (χ4v) is 4.82. The van der Waals surface area contributed by atoms with Gasteiger partial charge in [0.05, 0.1) is 0 Å². The second-order valence-corrected chi connectivity index (χ2v) is 11.3. The summed E-state index contributed by atoms with van der Waals surface area (Å²) in [6.45, 7) is 3.03. The summed E-state index contributed by atoms with van der Waals surface area (Å²) in [6, 6.07) is 1.13. The molecule has 0 aliphatic rings.